The summed E-state index contributed by atoms with van der Waals surface area (Å²) in [5, 5.41) is 8.71. The number of nitrogens with one attached hydrogen (secondary N) is 1. The van der Waals surface area contributed by atoms with Gasteiger partial charge in [0.1, 0.15) is 0 Å². The minimum atomic E-state index is -0.163. The van der Waals surface area contributed by atoms with E-state index in [0.717, 1.165) is 24.2 Å². The number of carbonyl (C=O) groups excluding carboxylic acids is 1. The molecular weight excluding hydrogens is 312 g/mol. The van der Waals surface area contributed by atoms with Crippen LogP contribution in [-0.2, 0) is 0 Å². The first-order valence-corrected chi connectivity index (χ1v) is 8.89. The normalized spacial score (nSPS) is 28.4. The van der Waals surface area contributed by atoms with E-state index < -0.39 is 0 Å². The lowest BCUT2D eigenvalue weighted by atomic mass is 9.70. The molecule has 0 radical (unpaired) electrons. The van der Waals surface area contributed by atoms with Gasteiger partial charge in [-0.15, -0.1) is 0 Å². The van der Waals surface area contributed by atoms with Crippen molar-refractivity contribution in [2.24, 2.45) is 21.8 Å². The quantitative estimate of drug-likeness (QED) is 0.867. The van der Waals surface area contributed by atoms with Crippen molar-refractivity contribution in [2.45, 2.75) is 40.0 Å². The van der Waals surface area contributed by atoms with E-state index in [-0.39, 0.29) is 16.7 Å². The summed E-state index contributed by atoms with van der Waals surface area (Å²) in [5.74, 6) is 0.519. The molecule has 130 valence electrons. The standard InChI is InChI=1S/C20H24N4O/c1-19(2)15-9-10-20(19,3)17(13-15)22-23-18(25)14-5-7-16(8-6-14)24-12-4-11-21-24/h4-8,11-12,15H,9-10,13H2,1-3H3,(H,23,25)/b22-17+/t15-,20+/m0/s1. The summed E-state index contributed by atoms with van der Waals surface area (Å²) in [6.07, 6.45) is 7.04. The van der Waals surface area contributed by atoms with E-state index in [4.69, 9.17) is 0 Å². The highest BCUT2D eigenvalue weighted by Gasteiger charge is 2.60. The molecule has 0 saturated heterocycles. The maximum atomic E-state index is 12.4. The molecule has 2 saturated carbocycles. The Morgan fingerprint density at radius 1 is 1.28 bits per heavy atom. The molecule has 1 amide bonds. The fourth-order valence-corrected chi connectivity index (χ4v) is 4.47. The van der Waals surface area contributed by atoms with E-state index in [9.17, 15) is 4.79 Å². The summed E-state index contributed by atoms with van der Waals surface area (Å²) in [5.41, 5.74) is 5.82. The third kappa shape index (κ3) is 2.41. The fraction of sp³-hybridized carbons (Fsp3) is 0.450. The van der Waals surface area contributed by atoms with Crippen molar-refractivity contribution in [1.29, 1.82) is 0 Å². The van der Waals surface area contributed by atoms with Crippen molar-refractivity contribution in [3.8, 4) is 5.69 Å². The topological polar surface area (TPSA) is 59.3 Å². The van der Waals surface area contributed by atoms with Crippen LogP contribution >= 0.6 is 0 Å². The number of hydrazone groups is 1. The van der Waals surface area contributed by atoms with E-state index in [1.807, 2.05) is 24.4 Å². The molecule has 2 fully saturated rings. The number of aromatic nitrogens is 2. The number of amides is 1. The average molecular weight is 336 g/mol. The molecule has 2 aliphatic rings. The molecule has 2 aliphatic carbocycles. The highest BCUT2D eigenvalue weighted by molar-refractivity contribution is 5.98. The lowest BCUT2D eigenvalue weighted by Gasteiger charge is -2.34. The number of hydrogen-bond acceptors (Lipinski definition) is 3. The zero-order valence-corrected chi connectivity index (χ0v) is 15.0. The van der Waals surface area contributed by atoms with Gasteiger partial charge in [-0.2, -0.15) is 10.2 Å². The van der Waals surface area contributed by atoms with Gasteiger partial charge in [0.15, 0.2) is 0 Å². The van der Waals surface area contributed by atoms with Crippen molar-refractivity contribution in [3.05, 3.63) is 48.3 Å². The Balaban J connectivity index is 1.48. The summed E-state index contributed by atoms with van der Waals surface area (Å²) < 4.78 is 1.76. The first-order chi connectivity index (χ1) is 11.9. The third-order valence-corrected chi connectivity index (χ3v) is 6.70. The molecule has 1 aromatic carbocycles. The Bertz CT molecular complexity index is 820. The largest absolute Gasteiger partial charge is 0.271 e. The number of carbonyl (C=O) groups is 1. The highest BCUT2D eigenvalue weighted by atomic mass is 16.2. The minimum Gasteiger partial charge on any atom is -0.267 e. The maximum Gasteiger partial charge on any atom is 0.271 e. The summed E-state index contributed by atoms with van der Waals surface area (Å²) in [6, 6.07) is 9.25. The second-order valence-electron chi connectivity index (χ2n) is 7.99. The molecular formula is C20H24N4O. The van der Waals surface area contributed by atoms with Crippen LogP contribution < -0.4 is 5.43 Å². The van der Waals surface area contributed by atoms with Gasteiger partial charge in [0.05, 0.1) is 5.69 Å². The number of rotatable bonds is 3. The van der Waals surface area contributed by atoms with E-state index in [2.05, 4.69) is 36.4 Å². The number of hydrogen-bond donors (Lipinski definition) is 1. The summed E-state index contributed by atoms with van der Waals surface area (Å²) in [7, 11) is 0. The van der Waals surface area contributed by atoms with Gasteiger partial charge in [0, 0.05) is 29.1 Å². The lowest BCUT2D eigenvalue weighted by Crippen LogP contribution is -2.34. The molecule has 25 heavy (non-hydrogen) atoms. The van der Waals surface area contributed by atoms with Crippen molar-refractivity contribution >= 4 is 11.6 Å². The van der Waals surface area contributed by atoms with Crippen LogP contribution in [0.2, 0.25) is 0 Å². The predicted molar refractivity (Wildman–Crippen MR) is 97.7 cm³/mol. The van der Waals surface area contributed by atoms with Gasteiger partial charge in [0.25, 0.3) is 5.91 Å². The zero-order chi connectivity index (χ0) is 17.7. The van der Waals surface area contributed by atoms with E-state index in [1.54, 1.807) is 23.0 Å². The van der Waals surface area contributed by atoms with Crippen LogP contribution in [0, 0.1) is 16.7 Å². The van der Waals surface area contributed by atoms with Gasteiger partial charge in [-0.05, 0) is 60.9 Å². The van der Waals surface area contributed by atoms with Crippen LogP contribution in [0.1, 0.15) is 50.4 Å². The van der Waals surface area contributed by atoms with Crippen LogP contribution in [0.5, 0.6) is 0 Å². The maximum absolute atomic E-state index is 12.4. The molecule has 0 unspecified atom stereocenters. The molecule has 5 heteroatoms. The molecule has 1 heterocycles. The molecule has 1 N–H and O–H groups in total. The van der Waals surface area contributed by atoms with Crippen LogP contribution in [0.15, 0.2) is 47.8 Å². The van der Waals surface area contributed by atoms with E-state index >= 15 is 0 Å². The van der Waals surface area contributed by atoms with Crippen LogP contribution in [0.3, 0.4) is 0 Å². The monoisotopic (exact) mass is 336 g/mol. The number of fused-ring (bicyclic) bond motifs is 2. The third-order valence-electron chi connectivity index (χ3n) is 6.70. The zero-order valence-electron chi connectivity index (χ0n) is 15.0. The molecule has 0 spiro atoms. The van der Waals surface area contributed by atoms with Crippen LogP contribution in [0.4, 0.5) is 0 Å². The van der Waals surface area contributed by atoms with Crippen molar-refractivity contribution in [1.82, 2.24) is 15.2 Å². The van der Waals surface area contributed by atoms with Crippen LogP contribution in [0.25, 0.3) is 5.69 Å². The molecule has 2 bridgehead atoms. The van der Waals surface area contributed by atoms with Crippen molar-refractivity contribution in [2.75, 3.05) is 0 Å². The van der Waals surface area contributed by atoms with Crippen molar-refractivity contribution < 1.29 is 4.79 Å². The highest BCUT2D eigenvalue weighted by Crippen LogP contribution is 2.63. The summed E-state index contributed by atoms with van der Waals surface area (Å²) in [6.45, 7) is 6.97. The van der Waals surface area contributed by atoms with Gasteiger partial charge < -0.3 is 0 Å². The van der Waals surface area contributed by atoms with E-state index in [1.165, 1.54) is 6.42 Å². The Morgan fingerprint density at radius 3 is 2.60 bits per heavy atom. The fourth-order valence-electron chi connectivity index (χ4n) is 4.47. The molecule has 2 atom stereocenters. The smallest absolute Gasteiger partial charge is 0.267 e. The minimum absolute atomic E-state index is 0.106. The van der Waals surface area contributed by atoms with Gasteiger partial charge in [0.2, 0.25) is 0 Å². The Labute approximate surface area is 148 Å². The van der Waals surface area contributed by atoms with Crippen LogP contribution in [-0.4, -0.2) is 21.4 Å². The Morgan fingerprint density at radius 2 is 2.04 bits per heavy atom. The first kappa shape index (κ1) is 16.1. The first-order valence-electron chi connectivity index (χ1n) is 8.89. The van der Waals surface area contributed by atoms with Gasteiger partial charge in [-0.25, -0.2) is 10.1 Å². The molecule has 1 aromatic heterocycles. The molecule has 2 aromatic rings. The molecule has 0 aliphatic heterocycles. The second-order valence-corrected chi connectivity index (χ2v) is 7.99. The van der Waals surface area contributed by atoms with E-state index in [0.29, 0.717) is 11.5 Å². The SMILES string of the molecule is CC1(C)[C@H]2CC[C@]1(C)/C(=N/NC(=O)c1ccc(-n3cccn3)cc1)C2. The number of benzene rings is 1. The Hall–Kier alpha value is -2.43. The Kier molecular flexibility index (Phi) is 3.56. The second kappa shape index (κ2) is 5.55. The summed E-state index contributed by atoms with van der Waals surface area (Å²) in [4.78, 5) is 12.4. The predicted octanol–water partition coefficient (Wildman–Crippen LogP) is 3.80. The summed E-state index contributed by atoms with van der Waals surface area (Å²) >= 11 is 0. The van der Waals surface area contributed by atoms with Crippen molar-refractivity contribution in [3.63, 3.8) is 0 Å². The average Bonchev–Trinajstić information content (AvgIpc) is 3.26. The van der Waals surface area contributed by atoms with Gasteiger partial charge >= 0.3 is 0 Å². The van der Waals surface area contributed by atoms with Gasteiger partial charge in [-0.3, -0.25) is 4.79 Å². The number of nitrogens with zero attached hydrogens (tertiary/aromatic N) is 3. The van der Waals surface area contributed by atoms with Gasteiger partial charge in [-0.1, -0.05) is 20.8 Å². The molecule has 4 rings (SSSR count). The lowest BCUT2D eigenvalue weighted by molar-refractivity contribution is 0.0954. The molecule has 5 nitrogen and oxygen atoms in total.